The number of aryl methyl sites for hydroxylation is 2. The molecule has 0 saturated heterocycles. The molecule has 0 saturated carbocycles. The van der Waals surface area contributed by atoms with Crippen LogP contribution >= 0.6 is 11.8 Å². The average Bonchev–Trinajstić information content (AvgIpc) is 2.12. The maximum absolute atomic E-state index is 11.9. The summed E-state index contributed by atoms with van der Waals surface area (Å²) in [5.41, 5.74) is 7.32. The molecule has 0 fully saturated rings. The van der Waals surface area contributed by atoms with Gasteiger partial charge in [0.05, 0.1) is 23.5 Å². The lowest BCUT2D eigenvalue weighted by Crippen LogP contribution is -2.08. The number of alkyl halides is 3. The summed E-state index contributed by atoms with van der Waals surface area (Å²) < 4.78 is 35.7. The zero-order valence-corrected chi connectivity index (χ0v) is 9.74. The number of nitrogens with zero attached hydrogens (tertiary/aromatic N) is 2. The number of aromatic nitrogens is 2. The average molecular weight is 251 g/mol. The van der Waals surface area contributed by atoms with E-state index in [9.17, 15) is 13.2 Å². The van der Waals surface area contributed by atoms with Gasteiger partial charge in [-0.15, -0.1) is 0 Å². The van der Waals surface area contributed by atoms with Crippen LogP contribution in [0.4, 0.5) is 18.9 Å². The lowest BCUT2D eigenvalue weighted by Gasteiger charge is -2.07. The number of nitrogen functional groups attached to an aromatic ring is 1. The fraction of sp³-hybridized carbons (Fsp3) is 0.556. The number of thioether (sulfide) groups is 1. The Balaban J connectivity index is 2.62. The summed E-state index contributed by atoms with van der Waals surface area (Å²) in [6.07, 6.45) is -4.98. The summed E-state index contributed by atoms with van der Waals surface area (Å²) in [6.45, 7) is 3.41. The third kappa shape index (κ3) is 3.88. The van der Waals surface area contributed by atoms with Crippen molar-refractivity contribution in [2.24, 2.45) is 0 Å². The van der Waals surface area contributed by atoms with Crippen molar-refractivity contribution in [3.63, 3.8) is 0 Å². The van der Waals surface area contributed by atoms with Gasteiger partial charge in [-0.1, -0.05) is 11.8 Å². The van der Waals surface area contributed by atoms with Gasteiger partial charge < -0.3 is 5.73 Å². The number of hydrogen-bond acceptors (Lipinski definition) is 4. The van der Waals surface area contributed by atoms with Gasteiger partial charge in [0.15, 0.2) is 5.16 Å². The minimum absolute atomic E-state index is 0.0771. The maximum Gasteiger partial charge on any atom is 0.389 e. The molecule has 0 unspecified atom stereocenters. The Bertz CT molecular complexity index is 356. The van der Waals surface area contributed by atoms with E-state index in [1.165, 1.54) is 0 Å². The van der Waals surface area contributed by atoms with Crippen molar-refractivity contribution >= 4 is 17.4 Å². The molecular formula is C9H12F3N3S. The molecule has 0 aromatic carbocycles. The molecule has 1 rings (SSSR count). The second kappa shape index (κ2) is 4.90. The molecule has 16 heavy (non-hydrogen) atoms. The highest BCUT2D eigenvalue weighted by atomic mass is 32.2. The van der Waals surface area contributed by atoms with Crippen LogP contribution in [0.15, 0.2) is 5.16 Å². The van der Waals surface area contributed by atoms with Crippen molar-refractivity contribution in [2.75, 3.05) is 11.5 Å². The first kappa shape index (κ1) is 13.1. The van der Waals surface area contributed by atoms with Gasteiger partial charge in [-0.2, -0.15) is 13.2 Å². The van der Waals surface area contributed by atoms with E-state index in [0.717, 1.165) is 11.8 Å². The van der Waals surface area contributed by atoms with Crippen molar-refractivity contribution in [1.29, 1.82) is 0 Å². The topological polar surface area (TPSA) is 51.8 Å². The molecule has 1 aromatic rings. The van der Waals surface area contributed by atoms with Crippen LogP contribution in [0.1, 0.15) is 17.8 Å². The van der Waals surface area contributed by atoms with Crippen molar-refractivity contribution in [3.05, 3.63) is 11.4 Å². The second-order valence-corrected chi connectivity index (χ2v) is 4.37. The van der Waals surface area contributed by atoms with Gasteiger partial charge in [0.25, 0.3) is 0 Å². The van der Waals surface area contributed by atoms with Crippen LogP contribution in [0.2, 0.25) is 0 Å². The van der Waals surface area contributed by atoms with Crippen molar-refractivity contribution in [1.82, 2.24) is 9.97 Å². The van der Waals surface area contributed by atoms with Gasteiger partial charge in [-0.3, -0.25) is 0 Å². The third-order valence-corrected chi connectivity index (χ3v) is 2.77. The Labute approximate surface area is 95.7 Å². The zero-order valence-electron chi connectivity index (χ0n) is 8.93. The number of anilines is 1. The Hall–Kier alpha value is -0.980. The van der Waals surface area contributed by atoms with E-state index in [1.807, 2.05) is 0 Å². The Morgan fingerprint density at radius 2 is 1.69 bits per heavy atom. The number of halogens is 3. The SMILES string of the molecule is Cc1nc(SCCC(F)(F)F)nc(C)c1N. The molecule has 2 N–H and O–H groups in total. The summed E-state index contributed by atoms with van der Waals surface area (Å²) in [5.74, 6) is -0.0771. The quantitative estimate of drug-likeness (QED) is 0.663. The lowest BCUT2D eigenvalue weighted by atomic mass is 10.3. The van der Waals surface area contributed by atoms with Crippen LogP contribution in [0.3, 0.4) is 0 Å². The Kier molecular flexibility index (Phi) is 4.01. The molecule has 1 aromatic heterocycles. The van der Waals surface area contributed by atoms with Crippen LogP contribution in [0.25, 0.3) is 0 Å². The Morgan fingerprint density at radius 1 is 1.19 bits per heavy atom. The van der Waals surface area contributed by atoms with Crippen LogP contribution in [-0.4, -0.2) is 21.9 Å². The number of nitrogens with two attached hydrogens (primary N) is 1. The van der Waals surface area contributed by atoms with Gasteiger partial charge >= 0.3 is 6.18 Å². The molecular weight excluding hydrogens is 239 g/mol. The molecule has 7 heteroatoms. The first-order valence-corrected chi connectivity index (χ1v) is 5.58. The van der Waals surface area contributed by atoms with E-state index in [2.05, 4.69) is 9.97 Å². The highest BCUT2D eigenvalue weighted by Gasteiger charge is 2.26. The van der Waals surface area contributed by atoms with E-state index in [-0.39, 0.29) is 5.75 Å². The second-order valence-electron chi connectivity index (χ2n) is 3.30. The van der Waals surface area contributed by atoms with Gasteiger partial charge in [0.1, 0.15) is 0 Å². The summed E-state index contributed by atoms with van der Waals surface area (Å²) >= 11 is 0.987. The molecule has 0 radical (unpaired) electrons. The van der Waals surface area contributed by atoms with Gasteiger partial charge in [0.2, 0.25) is 0 Å². The highest BCUT2D eigenvalue weighted by molar-refractivity contribution is 7.99. The smallest absolute Gasteiger partial charge is 0.389 e. The summed E-state index contributed by atoms with van der Waals surface area (Å²) in [4.78, 5) is 8.03. The third-order valence-electron chi connectivity index (χ3n) is 1.92. The van der Waals surface area contributed by atoms with E-state index in [4.69, 9.17) is 5.73 Å². The lowest BCUT2D eigenvalue weighted by molar-refractivity contribution is -0.129. The predicted molar refractivity (Wildman–Crippen MR) is 57.3 cm³/mol. The van der Waals surface area contributed by atoms with Crippen molar-refractivity contribution < 1.29 is 13.2 Å². The fourth-order valence-corrected chi connectivity index (χ4v) is 1.94. The van der Waals surface area contributed by atoms with E-state index >= 15 is 0 Å². The summed E-state index contributed by atoms with van der Waals surface area (Å²) in [5, 5.41) is 0.341. The predicted octanol–water partition coefficient (Wildman–Crippen LogP) is 2.72. The molecule has 90 valence electrons. The van der Waals surface area contributed by atoms with E-state index < -0.39 is 12.6 Å². The molecule has 0 bridgehead atoms. The zero-order chi connectivity index (χ0) is 12.3. The molecule has 0 atom stereocenters. The number of rotatable bonds is 3. The van der Waals surface area contributed by atoms with Crippen LogP contribution in [0.5, 0.6) is 0 Å². The standard InChI is InChI=1S/C9H12F3N3S/c1-5-7(13)6(2)15-8(14-5)16-4-3-9(10,11)12/h3-4,13H2,1-2H3. The van der Waals surface area contributed by atoms with Crippen LogP contribution in [0, 0.1) is 13.8 Å². The normalized spacial score (nSPS) is 11.8. The first-order valence-electron chi connectivity index (χ1n) is 4.60. The summed E-state index contributed by atoms with van der Waals surface area (Å²) in [6, 6.07) is 0. The summed E-state index contributed by atoms with van der Waals surface area (Å²) in [7, 11) is 0. The van der Waals surface area contributed by atoms with E-state index in [0.29, 0.717) is 22.2 Å². The molecule has 3 nitrogen and oxygen atoms in total. The molecule has 0 aliphatic heterocycles. The maximum atomic E-state index is 11.9. The largest absolute Gasteiger partial charge is 0.396 e. The van der Waals surface area contributed by atoms with Crippen LogP contribution < -0.4 is 5.73 Å². The Morgan fingerprint density at radius 3 is 2.12 bits per heavy atom. The molecule has 1 heterocycles. The minimum Gasteiger partial charge on any atom is -0.396 e. The minimum atomic E-state index is -4.13. The van der Waals surface area contributed by atoms with Crippen LogP contribution in [-0.2, 0) is 0 Å². The van der Waals surface area contributed by atoms with Crippen molar-refractivity contribution in [2.45, 2.75) is 31.6 Å². The molecule has 0 amide bonds. The van der Waals surface area contributed by atoms with Gasteiger partial charge in [-0.05, 0) is 13.8 Å². The molecule has 0 aliphatic rings. The number of hydrogen-bond donors (Lipinski definition) is 1. The highest BCUT2D eigenvalue weighted by Crippen LogP contribution is 2.25. The van der Waals surface area contributed by atoms with Gasteiger partial charge in [0, 0.05) is 5.75 Å². The fourth-order valence-electron chi connectivity index (χ4n) is 1.02. The monoisotopic (exact) mass is 251 g/mol. The molecule has 0 spiro atoms. The van der Waals surface area contributed by atoms with Gasteiger partial charge in [-0.25, -0.2) is 9.97 Å². The van der Waals surface area contributed by atoms with Crippen molar-refractivity contribution in [3.8, 4) is 0 Å². The first-order chi connectivity index (χ1) is 7.29. The molecule has 0 aliphatic carbocycles. The van der Waals surface area contributed by atoms with E-state index in [1.54, 1.807) is 13.8 Å².